The summed E-state index contributed by atoms with van der Waals surface area (Å²) < 4.78 is 5.53. The fourth-order valence-corrected chi connectivity index (χ4v) is 2.79. The molecule has 0 bridgehead atoms. The van der Waals surface area contributed by atoms with Crippen LogP contribution in [0.5, 0.6) is 0 Å². The molecule has 0 aliphatic heterocycles. The van der Waals surface area contributed by atoms with Gasteiger partial charge in [-0.05, 0) is 44.4 Å². The predicted octanol–water partition coefficient (Wildman–Crippen LogP) is 5.05. The number of carboxylic acid groups (broad SMARTS) is 1. The van der Waals surface area contributed by atoms with Gasteiger partial charge in [0.1, 0.15) is 0 Å². The molecule has 0 radical (unpaired) electrons. The minimum Gasteiger partial charge on any atom is -0.480 e. The maximum Gasteiger partial charge on any atom is 0.324 e. The lowest BCUT2D eigenvalue weighted by Crippen LogP contribution is -2.46. The number of ether oxygens (including phenoxy) is 1. The van der Waals surface area contributed by atoms with Crippen molar-refractivity contribution < 1.29 is 19.4 Å². The van der Waals surface area contributed by atoms with Gasteiger partial charge in [-0.1, -0.05) is 53.9 Å². The van der Waals surface area contributed by atoms with Crippen molar-refractivity contribution in [3.63, 3.8) is 0 Å². The van der Waals surface area contributed by atoms with Crippen molar-refractivity contribution in [3.05, 3.63) is 0 Å². The maximum atomic E-state index is 12.7. The van der Waals surface area contributed by atoms with Gasteiger partial charge in [-0.3, -0.25) is 9.59 Å². The van der Waals surface area contributed by atoms with Crippen LogP contribution in [-0.4, -0.2) is 23.1 Å². The fourth-order valence-electron chi connectivity index (χ4n) is 2.79. The van der Waals surface area contributed by atoms with Crippen LogP contribution in [0.15, 0.2) is 0 Å². The van der Waals surface area contributed by atoms with E-state index >= 15 is 0 Å². The number of esters is 1. The number of rotatable bonds is 12. The molecule has 136 valence electrons. The first kappa shape index (κ1) is 21.9. The summed E-state index contributed by atoms with van der Waals surface area (Å²) in [6.45, 7) is 11.7. The molecule has 0 aliphatic carbocycles. The number of aliphatic carboxylic acids is 1. The highest BCUT2D eigenvalue weighted by atomic mass is 16.5. The summed E-state index contributed by atoms with van der Waals surface area (Å²) in [5.41, 5.74) is -1.43. The van der Waals surface area contributed by atoms with Crippen molar-refractivity contribution in [1.29, 1.82) is 0 Å². The molecule has 1 N–H and O–H groups in total. The summed E-state index contributed by atoms with van der Waals surface area (Å²) in [7, 11) is 0. The largest absolute Gasteiger partial charge is 0.480 e. The summed E-state index contributed by atoms with van der Waals surface area (Å²) in [6.07, 6.45) is 6.08. The molecule has 0 fully saturated rings. The average Bonchev–Trinajstić information content (AvgIpc) is 2.43. The van der Waals surface area contributed by atoms with Crippen LogP contribution in [0.4, 0.5) is 0 Å². The van der Waals surface area contributed by atoms with E-state index in [1.54, 1.807) is 13.8 Å². The minimum atomic E-state index is -1.43. The van der Waals surface area contributed by atoms with Gasteiger partial charge in [-0.25, -0.2) is 0 Å². The zero-order chi connectivity index (χ0) is 18.0. The van der Waals surface area contributed by atoms with Crippen LogP contribution in [-0.2, 0) is 14.3 Å². The second-order valence-electron chi connectivity index (χ2n) is 7.43. The summed E-state index contributed by atoms with van der Waals surface area (Å²) in [6, 6.07) is 0. The van der Waals surface area contributed by atoms with Gasteiger partial charge >= 0.3 is 11.9 Å². The Kier molecular flexibility index (Phi) is 10.2. The molecule has 0 heterocycles. The van der Waals surface area contributed by atoms with Crippen LogP contribution in [0.2, 0.25) is 0 Å². The molecule has 2 unspecified atom stereocenters. The molecule has 2 atom stereocenters. The smallest absolute Gasteiger partial charge is 0.324 e. The van der Waals surface area contributed by atoms with E-state index in [1.165, 1.54) is 12.8 Å². The van der Waals surface area contributed by atoms with E-state index in [0.717, 1.165) is 19.3 Å². The molecule has 0 rings (SSSR count). The molecule has 0 saturated heterocycles. The predicted molar refractivity (Wildman–Crippen MR) is 93.3 cm³/mol. The third kappa shape index (κ3) is 6.92. The first-order valence-electron chi connectivity index (χ1n) is 9.12. The van der Waals surface area contributed by atoms with E-state index in [9.17, 15) is 14.7 Å². The monoisotopic (exact) mass is 328 g/mol. The van der Waals surface area contributed by atoms with Gasteiger partial charge in [-0.15, -0.1) is 0 Å². The van der Waals surface area contributed by atoms with Crippen LogP contribution in [0, 0.1) is 17.3 Å². The van der Waals surface area contributed by atoms with E-state index in [0.29, 0.717) is 18.8 Å². The lowest BCUT2D eigenvalue weighted by molar-refractivity contribution is -0.177. The Labute approximate surface area is 142 Å². The number of carbonyl (C=O) groups is 2. The molecule has 0 aromatic rings. The Morgan fingerprint density at radius 2 is 1.61 bits per heavy atom. The Hall–Kier alpha value is -1.06. The van der Waals surface area contributed by atoms with Crippen LogP contribution in [0.1, 0.15) is 86.5 Å². The lowest BCUT2D eigenvalue weighted by Gasteiger charge is -2.32. The Morgan fingerprint density at radius 3 is 2.04 bits per heavy atom. The van der Waals surface area contributed by atoms with E-state index in [4.69, 9.17) is 4.74 Å². The SMILES string of the molecule is CCCCCCC(C)OC(=O)C(CCC(C)C)(C(=O)O)C(C)C. The number of hydrogen-bond donors (Lipinski definition) is 1. The first-order chi connectivity index (χ1) is 10.7. The van der Waals surface area contributed by atoms with Gasteiger partial charge in [0.25, 0.3) is 0 Å². The third-order valence-corrected chi connectivity index (χ3v) is 4.62. The van der Waals surface area contributed by atoms with Crippen molar-refractivity contribution in [2.75, 3.05) is 0 Å². The molecule has 0 aromatic heterocycles. The molecule has 4 heteroatoms. The van der Waals surface area contributed by atoms with Crippen LogP contribution < -0.4 is 0 Å². The van der Waals surface area contributed by atoms with Gasteiger partial charge in [0, 0.05) is 0 Å². The van der Waals surface area contributed by atoms with E-state index in [1.807, 2.05) is 20.8 Å². The minimum absolute atomic E-state index is 0.226. The topological polar surface area (TPSA) is 63.6 Å². The Morgan fingerprint density at radius 1 is 1.00 bits per heavy atom. The lowest BCUT2D eigenvalue weighted by atomic mass is 9.72. The van der Waals surface area contributed by atoms with Gasteiger partial charge in [0.15, 0.2) is 5.41 Å². The van der Waals surface area contributed by atoms with Gasteiger partial charge in [-0.2, -0.15) is 0 Å². The van der Waals surface area contributed by atoms with Crippen molar-refractivity contribution >= 4 is 11.9 Å². The summed E-state index contributed by atoms with van der Waals surface area (Å²) in [4.78, 5) is 24.6. The zero-order valence-electron chi connectivity index (χ0n) is 15.9. The fraction of sp³-hybridized carbons (Fsp3) is 0.895. The number of unbranched alkanes of at least 4 members (excludes halogenated alkanes) is 3. The standard InChI is InChI=1S/C19H36O4/c1-7-8-9-10-11-16(6)23-18(22)19(15(4)5,17(20)21)13-12-14(2)3/h14-16H,7-13H2,1-6H3,(H,20,21). The highest BCUT2D eigenvalue weighted by Gasteiger charge is 2.50. The van der Waals surface area contributed by atoms with Crippen molar-refractivity contribution in [2.24, 2.45) is 17.3 Å². The van der Waals surface area contributed by atoms with Crippen molar-refractivity contribution in [3.8, 4) is 0 Å². The van der Waals surface area contributed by atoms with Crippen LogP contribution in [0.3, 0.4) is 0 Å². The highest BCUT2D eigenvalue weighted by Crippen LogP contribution is 2.37. The Bertz CT molecular complexity index is 362. The van der Waals surface area contributed by atoms with Gasteiger partial charge in [0.2, 0.25) is 0 Å². The maximum absolute atomic E-state index is 12.7. The third-order valence-electron chi connectivity index (χ3n) is 4.62. The van der Waals surface area contributed by atoms with E-state index < -0.39 is 17.4 Å². The Balaban J connectivity index is 4.88. The molecular formula is C19H36O4. The van der Waals surface area contributed by atoms with Gasteiger partial charge in [0.05, 0.1) is 6.10 Å². The van der Waals surface area contributed by atoms with E-state index in [2.05, 4.69) is 6.92 Å². The summed E-state index contributed by atoms with van der Waals surface area (Å²) in [5.74, 6) is -1.56. The number of hydrogen-bond acceptors (Lipinski definition) is 3. The molecule has 0 spiro atoms. The summed E-state index contributed by atoms with van der Waals surface area (Å²) >= 11 is 0. The molecular weight excluding hydrogens is 292 g/mol. The molecule has 0 saturated carbocycles. The van der Waals surface area contributed by atoms with Gasteiger partial charge < -0.3 is 9.84 Å². The average molecular weight is 328 g/mol. The quantitative estimate of drug-likeness (QED) is 0.309. The normalized spacial score (nSPS) is 15.5. The van der Waals surface area contributed by atoms with Crippen molar-refractivity contribution in [2.45, 2.75) is 92.6 Å². The van der Waals surface area contributed by atoms with Crippen LogP contribution in [0.25, 0.3) is 0 Å². The highest BCUT2D eigenvalue weighted by molar-refractivity contribution is 5.99. The van der Waals surface area contributed by atoms with Crippen molar-refractivity contribution in [1.82, 2.24) is 0 Å². The van der Waals surface area contributed by atoms with E-state index in [-0.39, 0.29) is 12.0 Å². The summed E-state index contributed by atoms with van der Waals surface area (Å²) in [5, 5.41) is 9.74. The number of carboxylic acids is 1. The first-order valence-corrected chi connectivity index (χ1v) is 9.12. The second kappa shape index (κ2) is 10.7. The molecule has 0 aliphatic rings. The van der Waals surface area contributed by atoms with Crippen LogP contribution >= 0.6 is 0 Å². The number of carbonyl (C=O) groups excluding carboxylic acids is 1. The molecule has 0 amide bonds. The molecule has 0 aromatic carbocycles. The zero-order valence-corrected chi connectivity index (χ0v) is 15.9. The molecule has 23 heavy (non-hydrogen) atoms. The molecule has 4 nitrogen and oxygen atoms in total. The second-order valence-corrected chi connectivity index (χ2v) is 7.43.